The molecule has 0 aromatic heterocycles. The van der Waals surface area contributed by atoms with E-state index in [0.29, 0.717) is 12.0 Å². The molecule has 0 amide bonds. The predicted octanol–water partition coefficient (Wildman–Crippen LogP) is 2.58. The molecule has 17 heavy (non-hydrogen) atoms. The molecule has 2 unspecified atom stereocenters. The maximum absolute atomic E-state index is 9.50. The van der Waals surface area contributed by atoms with E-state index < -0.39 is 0 Å². The fourth-order valence-electron chi connectivity index (χ4n) is 1.88. The molecule has 0 saturated carbocycles. The van der Waals surface area contributed by atoms with E-state index in [-0.39, 0.29) is 12.1 Å². The van der Waals surface area contributed by atoms with E-state index in [2.05, 4.69) is 39.9 Å². The highest BCUT2D eigenvalue weighted by molar-refractivity contribution is 4.85. The first-order chi connectivity index (χ1) is 8.01. The van der Waals surface area contributed by atoms with Gasteiger partial charge in [0, 0.05) is 12.1 Å². The molecule has 104 valence electrons. The van der Waals surface area contributed by atoms with Crippen LogP contribution in [0.25, 0.3) is 0 Å². The summed E-state index contributed by atoms with van der Waals surface area (Å²) in [5, 5.41) is 12.9. The first-order valence-electron chi connectivity index (χ1n) is 6.98. The molecule has 3 heteroatoms. The van der Waals surface area contributed by atoms with E-state index in [1.165, 1.54) is 0 Å². The van der Waals surface area contributed by atoms with Gasteiger partial charge < -0.3 is 15.2 Å². The Morgan fingerprint density at radius 3 is 2.29 bits per heavy atom. The van der Waals surface area contributed by atoms with Gasteiger partial charge in [-0.25, -0.2) is 0 Å². The van der Waals surface area contributed by atoms with Crippen LogP contribution in [0.15, 0.2) is 0 Å². The third-order valence-electron chi connectivity index (χ3n) is 3.65. The van der Waals surface area contributed by atoms with Gasteiger partial charge in [-0.1, -0.05) is 27.7 Å². The summed E-state index contributed by atoms with van der Waals surface area (Å²) in [6.45, 7) is 12.6. The number of hydrogen-bond acceptors (Lipinski definition) is 3. The van der Waals surface area contributed by atoms with E-state index in [4.69, 9.17) is 4.74 Å². The summed E-state index contributed by atoms with van der Waals surface area (Å²) in [6.07, 6.45) is 3.24. The van der Waals surface area contributed by atoms with Crippen LogP contribution in [0.1, 0.15) is 53.9 Å². The number of aliphatic hydroxyl groups is 1. The lowest BCUT2D eigenvalue weighted by Gasteiger charge is -2.32. The first kappa shape index (κ1) is 16.9. The fourth-order valence-corrected chi connectivity index (χ4v) is 1.88. The van der Waals surface area contributed by atoms with Crippen molar-refractivity contribution in [2.75, 3.05) is 19.8 Å². The number of nitrogens with one attached hydrogen (secondary N) is 1. The van der Waals surface area contributed by atoms with Crippen molar-refractivity contribution < 1.29 is 9.84 Å². The van der Waals surface area contributed by atoms with Crippen molar-refractivity contribution in [2.45, 2.75) is 65.5 Å². The maximum atomic E-state index is 9.50. The maximum Gasteiger partial charge on any atom is 0.0613 e. The Bertz CT molecular complexity index is 179. The van der Waals surface area contributed by atoms with Crippen molar-refractivity contribution in [3.05, 3.63) is 0 Å². The normalized spacial score (nSPS) is 17.1. The second kappa shape index (κ2) is 8.90. The molecule has 0 spiro atoms. The van der Waals surface area contributed by atoms with Crippen LogP contribution in [-0.4, -0.2) is 36.5 Å². The molecule has 0 aliphatic heterocycles. The van der Waals surface area contributed by atoms with Gasteiger partial charge >= 0.3 is 0 Å². The Morgan fingerprint density at radius 1 is 1.24 bits per heavy atom. The third kappa shape index (κ3) is 6.39. The number of likely N-dealkylation sites (N-methyl/N-ethyl adjacent to an activating group) is 1. The van der Waals surface area contributed by atoms with Crippen molar-refractivity contribution in [3.63, 3.8) is 0 Å². The van der Waals surface area contributed by atoms with Crippen LogP contribution in [0.4, 0.5) is 0 Å². The van der Waals surface area contributed by atoms with Gasteiger partial charge in [-0.15, -0.1) is 0 Å². The second-order valence-electron chi connectivity index (χ2n) is 5.25. The first-order valence-corrected chi connectivity index (χ1v) is 6.98. The van der Waals surface area contributed by atoms with Gasteiger partial charge in [-0.05, 0) is 38.6 Å². The summed E-state index contributed by atoms with van der Waals surface area (Å²) in [5.74, 6) is 0.567. The van der Waals surface area contributed by atoms with Crippen LogP contribution in [-0.2, 0) is 4.74 Å². The van der Waals surface area contributed by atoms with Crippen LogP contribution < -0.4 is 5.32 Å². The Morgan fingerprint density at radius 2 is 1.88 bits per heavy atom. The molecular formula is C14H31NO2. The van der Waals surface area contributed by atoms with Crippen molar-refractivity contribution in [3.8, 4) is 0 Å². The Labute approximate surface area is 107 Å². The number of hydrogen-bond donors (Lipinski definition) is 2. The summed E-state index contributed by atoms with van der Waals surface area (Å²) >= 11 is 0. The van der Waals surface area contributed by atoms with Crippen molar-refractivity contribution >= 4 is 0 Å². The zero-order valence-electron chi connectivity index (χ0n) is 12.3. The van der Waals surface area contributed by atoms with Crippen LogP contribution in [0.2, 0.25) is 0 Å². The molecule has 0 aromatic carbocycles. The SMILES string of the molecule is CCNC(CC)(CO)CCCOC(C)C(C)C. The molecule has 0 aliphatic rings. The van der Waals surface area contributed by atoms with Crippen LogP contribution in [0.3, 0.4) is 0 Å². The van der Waals surface area contributed by atoms with E-state index in [1.54, 1.807) is 0 Å². The minimum absolute atomic E-state index is 0.112. The largest absolute Gasteiger partial charge is 0.394 e. The molecular weight excluding hydrogens is 214 g/mol. The predicted molar refractivity (Wildman–Crippen MR) is 73.3 cm³/mol. The highest BCUT2D eigenvalue weighted by atomic mass is 16.5. The molecule has 0 heterocycles. The van der Waals surface area contributed by atoms with Gasteiger partial charge in [0.1, 0.15) is 0 Å². The molecule has 2 N–H and O–H groups in total. The average Bonchev–Trinajstić information content (AvgIpc) is 2.32. The monoisotopic (exact) mass is 245 g/mol. The van der Waals surface area contributed by atoms with Gasteiger partial charge in [0.15, 0.2) is 0 Å². The average molecular weight is 245 g/mol. The third-order valence-corrected chi connectivity index (χ3v) is 3.65. The van der Waals surface area contributed by atoms with Crippen molar-refractivity contribution in [1.82, 2.24) is 5.32 Å². The van der Waals surface area contributed by atoms with Gasteiger partial charge in [-0.3, -0.25) is 0 Å². The molecule has 0 radical (unpaired) electrons. The topological polar surface area (TPSA) is 41.5 Å². The highest BCUT2D eigenvalue weighted by Gasteiger charge is 2.25. The smallest absolute Gasteiger partial charge is 0.0613 e. The van der Waals surface area contributed by atoms with Crippen molar-refractivity contribution in [1.29, 1.82) is 0 Å². The Hall–Kier alpha value is -0.120. The summed E-state index contributed by atoms with van der Waals surface area (Å²) < 4.78 is 5.76. The summed E-state index contributed by atoms with van der Waals surface area (Å²) in [5.41, 5.74) is -0.112. The number of aliphatic hydroxyl groups excluding tert-OH is 1. The molecule has 3 nitrogen and oxygen atoms in total. The molecule has 0 aliphatic carbocycles. The lowest BCUT2D eigenvalue weighted by molar-refractivity contribution is 0.0272. The van der Waals surface area contributed by atoms with Gasteiger partial charge in [0.05, 0.1) is 12.7 Å². The molecule has 0 bridgehead atoms. The quantitative estimate of drug-likeness (QED) is 0.581. The van der Waals surface area contributed by atoms with Crippen molar-refractivity contribution in [2.24, 2.45) is 5.92 Å². The van der Waals surface area contributed by atoms with E-state index in [0.717, 1.165) is 32.4 Å². The summed E-state index contributed by atoms with van der Waals surface area (Å²) in [6, 6.07) is 0. The van der Waals surface area contributed by atoms with E-state index in [9.17, 15) is 5.11 Å². The summed E-state index contributed by atoms with van der Waals surface area (Å²) in [4.78, 5) is 0. The van der Waals surface area contributed by atoms with Crippen LogP contribution in [0, 0.1) is 5.92 Å². The Kier molecular flexibility index (Phi) is 8.83. The zero-order valence-corrected chi connectivity index (χ0v) is 12.3. The van der Waals surface area contributed by atoms with E-state index in [1.807, 2.05) is 0 Å². The summed E-state index contributed by atoms with van der Waals surface area (Å²) in [7, 11) is 0. The minimum atomic E-state index is -0.112. The highest BCUT2D eigenvalue weighted by Crippen LogP contribution is 2.17. The minimum Gasteiger partial charge on any atom is -0.394 e. The molecule has 0 aromatic rings. The standard InChI is InChI=1S/C14H31NO2/c1-6-14(11-16,15-7-2)9-8-10-17-13(5)12(3)4/h12-13,15-16H,6-11H2,1-5H3. The van der Waals surface area contributed by atoms with Crippen LogP contribution >= 0.6 is 0 Å². The van der Waals surface area contributed by atoms with Gasteiger partial charge in [0.2, 0.25) is 0 Å². The molecule has 2 atom stereocenters. The fraction of sp³-hybridized carbons (Fsp3) is 1.00. The van der Waals surface area contributed by atoms with E-state index >= 15 is 0 Å². The zero-order chi connectivity index (χ0) is 13.3. The van der Waals surface area contributed by atoms with Gasteiger partial charge in [-0.2, -0.15) is 0 Å². The molecule has 0 rings (SSSR count). The number of rotatable bonds is 10. The lowest BCUT2D eigenvalue weighted by Crippen LogP contribution is -2.48. The molecule has 0 fully saturated rings. The van der Waals surface area contributed by atoms with Crippen LogP contribution in [0.5, 0.6) is 0 Å². The molecule has 0 saturated heterocycles. The lowest BCUT2D eigenvalue weighted by atomic mass is 9.91. The van der Waals surface area contributed by atoms with Gasteiger partial charge in [0.25, 0.3) is 0 Å². The Balaban J connectivity index is 3.90. The second-order valence-corrected chi connectivity index (χ2v) is 5.25. The number of ether oxygens (including phenoxy) is 1.